The summed E-state index contributed by atoms with van der Waals surface area (Å²) in [5.41, 5.74) is 1.25. The Hall–Kier alpha value is -0.980. The lowest BCUT2D eigenvalue weighted by Crippen LogP contribution is -2.31. The molecule has 0 saturated carbocycles. The second-order valence-electron chi connectivity index (χ2n) is 3.50. The molecule has 0 radical (unpaired) electrons. The maximum Gasteiger partial charge on any atom is 0.214 e. The maximum atomic E-state index is 11.0. The first-order valence-electron chi connectivity index (χ1n) is 4.44. The van der Waals surface area contributed by atoms with Crippen LogP contribution in [0, 0.1) is 6.92 Å². The molecule has 0 spiro atoms. The standard InChI is InChI=1S/C9H14N2O3S/c1-6-3-4-8(11-5-6)9(12)7(2)15(10,13)14/h3-5,7,9,12H,1-2H3,(H2,10,13,14)/t7-,9+/m1/s1. The van der Waals surface area contributed by atoms with E-state index in [0.29, 0.717) is 5.69 Å². The molecule has 0 fully saturated rings. The Kier molecular flexibility index (Phi) is 3.43. The van der Waals surface area contributed by atoms with Crippen molar-refractivity contribution in [3.05, 3.63) is 29.6 Å². The van der Waals surface area contributed by atoms with Crippen molar-refractivity contribution < 1.29 is 13.5 Å². The largest absolute Gasteiger partial charge is 0.385 e. The molecule has 15 heavy (non-hydrogen) atoms. The number of primary sulfonamides is 1. The third-order valence-electron chi connectivity index (χ3n) is 2.20. The number of nitrogens with zero attached hydrogens (tertiary/aromatic N) is 1. The van der Waals surface area contributed by atoms with Gasteiger partial charge >= 0.3 is 0 Å². The highest BCUT2D eigenvalue weighted by atomic mass is 32.2. The Morgan fingerprint density at radius 2 is 2.07 bits per heavy atom. The highest BCUT2D eigenvalue weighted by molar-refractivity contribution is 7.89. The molecule has 84 valence electrons. The van der Waals surface area contributed by atoms with Crippen LogP contribution in [0.3, 0.4) is 0 Å². The van der Waals surface area contributed by atoms with Crippen molar-refractivity contribution in [2.45, 2.75) is 25.2 Å². The van der Waals surface area contributed by atoms with Crippen LogP contribution in [0.4, 0.5) is 0 Å². The van der Waals surface area contributed by atoms with Crippen molar-refractivity contribution in [2.75, 3.05) is 0 Å². The number of rotatable bonds is 3. The van der Waals surface area contributed by atoms with Crippen molar-refractivity contribution in [1.82, 2.24) is 4.98 Å². The maximum absolute atomic E-state index is 11.0. The first-order valence-corrected chi connectivity index (χ1v) is 6.05. The van der Waals surface area contributed by atoms with E-state index in [9.17, 15) is 13.5 Å². The zero-order chi connectivity index (χ0) is 11.6. The zero-order valence-electron chi connectivity index (χ0n) is 8.58. The van der Waals surface area contributed by atoms with Gasteiger partial charge in [-0.25, -0.2) is 13.6 Å². The molecule has 1 aromatic heterocycles. The zero-order valence-corrected chi connectivity index (χ0v) is 9.40. The van der Waals surface area contributed by atoms with Gasteiger partial charge in [0.05, 0.1) is 5.69 Å². The van der Waals surface area contributed by atoms with E-state index in [1.165, 1.54) is 6.92 Å². The molecule has 1 heterocycles. The Morgan fingerprint density at radius 3 is 2.47 bits per heavy atom. The number of aryl methyl sites for hydroxylation is 1. The highest BCUT2D eigenvalue weighted by Gasteiger charge is 2.26. The van der Waals surface area contributed by atoms with E-state index >= 15 is 0 Å². The minimum Gasteiger partial charge on any atom is -0.385 e. The molecule has 5 nitrogen and oxygen atoms in total. The van der Waals surface area contributed by atoms with E-state index in [2.05, 4.69) is 4.98 Å². The quantitative estimate of drug-likeness (QED) is 0.770. The fourth-order valence-electron chi connectivity index (χ4n) is 1.07. The number of hydrogen-bond acceptors (Lipinski definition) is 4. The topological polar surface area (TPSA) is 93.3 Å². The Bertz CT molecular complexity index is 427. The predicted molar refractivity (Wildman–Crippen MR) is 56.5 cm³/mol. The van der Waals surface area contributed by atoms with E-state index in [0.717, 1.165) is 5.56 Å². The van der Waals surface area contributed by atoms with Gasteiger partial charge in [-0.3, -0.25) is 4.98 Å². The number of nitrogens with two attached hydrogens (primary N) is 1. The average molecular weight is 230 g/mol. The number of aromatic nitrogens is 1. The summed E-state index contributed by atoms with van der Waals surface area (Å²) < 4.78 is 22.0. The second kappa shape index (κ2) is 4.26. The number of hydrogen-bond donors (Lipinski definition) is 2. The summed E-state index contributed by atoms with van der Waals surface area (Å²) in [7, 11) is -3.75. The van der Waals surface area contributed by atoms with Crippen LogP contribution in [0.15, 0.2) is 18.3 Å². The van der Waals surface area contributed by atoms with Gasteiger partial charge in [-0.1, -0.05) is 6.07 Å². The number of sulfonamides is 1. The van der Waals surface area contributed by atoms with Crippen molar-refractivity contribution in [1.29, 1.82) is 0 Å². The van der Waals surface area contributed by atoms with E-state index in [1.807, 2.05) is 6.92 Å². The van der Waals surface area contributed by atoms with Crippen LogP contribution in [0.25, 0.3) is 0 Å². The summed E-state index contributed by atoms with van der Waals surface area (Å²) in [5, 5.41) is 13.6. The molecule has 0 bridgehead atoms. The average Bonchev–Trinajstić information content (AvgIpc) is 2.15. The Labute approximate surface area is 89.0 Å². The van der Waals surface area contributed by atoms with Crippen molar-refractivity contribution >= 4 is 10.0 Å². The molecule has 0 aliphatic carbocycles. The normalized spacial score (nSPS) is 16.0. The lowest BCUT2D eigenvalue weighted by atomic mass is 10.1. The van der Waals surface area contributed by atoms with E-state index in [4.69, 9.17) is 5.14 Å². The fourth-order valence-corrected chi connectivity index (χ4v) is 1.57. The lowest BCUT2D eigenvalue weighted by molar-refractivity contribution is 0.171. The van der Waals surface area contributed by atoms with Gasteiger partial charge in [0.2, 0.25) is 10.0 Å². The summed E-state index contributed by atoms with van der Waals surface area (Å²) in [6.45, 7) is 3.20. The Balaban J connectivity index is 2.95. The van der Waals surface area contributed by atoms with E-state index in [1.54, 1.807) is 18.3 Å². The van der Waals surface area contributed by atoms with Gasteiger partial charge in [0, 0.05) is 6.20 Å². The predicted octanol–water partition coefficient (Wildman–Crippen LogP) is 0.100. The van der Waals surface area contributed by atoms with Crippen LogP contribution in [0.1, 0.15) is 24.3 Å². The van der Waals surface area contributed by atoms with Crippen LogP contribution >= 0.6 is 0 Å². The summed E-state index contributed by atoms with van der Waals surface area (Å²) >= 11 is 0. The lowest BCUT2D eigenvalue weighted by Gasteiger charge is -2.16. The summed E-state index contributed by atoms with van der Waals surface area (Å²) in [6.07, 6.45) is 0.370. The van der Waals surface area contributed by atoms with Gasteiger partial charge in [0.25, 0.3) is 0 Å². The van der Waals surface area contributed by atoms with Crippen molar-refractivity contribution in [2.24, 2.45) is 5.14 Å². The van der Waals surface area contributed by atoms with Crippen molar-refractivity contribution in [3.8, 4) is 0 Å². The molecule has 2 atom stereocenters. The van der Waals surface area contributed by atoms with Crippen molar-refractivity contribution in [3.63, 3.8) is 0 Å². The SMILES string of the molecule is Cc1ccc([C@@H](O)[C@@H](C)S(N)(=O)=O)nc1. The third kappa shape index (κ3) is 2.98. The molecular weight excluding hydrogens is 216 g/mol. The monoisotopic (exact) mass is 230 g/mol. The molecule has 1 aromatic rings. The summed E-state index contributed by atoms with van der Waals surface area (Å²) in [5.74, 6) is 0. The van der Waals surface area contributed by atoms with Gasteiger partial charge in [-0.15, -0.1) is 0 Å². The molecule has 0 amide bonds. The molecule has 0 aromatic carbocycles. The minimum atomic E-state index is -3.75. The first kappa shape index (κ1) is 12.1. The molecule has 0 aliphatic heterocycles. The Morgan fingerprint density at radius 1 is 1.47 bits per heavy atom. The molecular formula is C9H14N2O3S. The molecule has 0 unspecified atom stereocenters. The number of aliphatic hydroxyl groups is 1. The van der Waals surface area contributed by atoms with Gasteiger partial charge in [-0.2, -0.15) is 0 Å². The summed E-state index contributed by atoms with van der Waals surface area (Å²) in [6, 6.07) is 3.34. The summed E-state index contributed by atoms with van der Waals surface area (Å²) in [4.78, 5) is 3.94. The van der Waals surface area contributed by atoms with Gasteiger partial charge in [0.15, 0.2) is 0 Å². The highest BCUT2D eigenvalue weighted by Crippen LogP contribution is 2.18. The van der Waals surface area contributed by atoms with Crippen LogP contribution in [0.5, 0.6) is 0 Å². The van der Waals surface area contributed by atoms with Crippen LogP contribution in [0.2, 0.25) is 0 Å². The van der Waals surface area contributed by atoms with Crippen LogP contribution < -0.4 is 5.14 Å². The van der Waals surface area contributed by atoms with E-state index in [-0.39, 0.29) is 0 Å². The number of pyridine rings is 1. The van der Waals surface area contributed by atoms with Gasteiger partial charge in [-0.05, 0) is 25.5 Å². The second-order valence-corrected chi connectivity index (χ2v) is 5.42. The van der Waals surface area contributed by atoms with Crippen LogP contribution in [-0.2, 0) is 10.0 Å². The van der Waals surface area contributed by atoms with Gasteiger partial charge in [0.1, 0.15) is 11.4 Å². The smallest absolute Gasteiger partial charge is 0.214 e. The molecule has 0 saturated heterocycles. The van der Waals surface area contributed by atoms with E-state index < -0.39 is 21.4 Å². The molecule has 0 aliphatic rings. The van der Waals surface area contributed by atoms with Gasteiger partial charge < -0.3 is 5.11 Å². The minimum absolute atomic E-state index is 0.308. The fraction of sp³-hybridized carbons (Fsp3) is 0.444. The first-order chi connectivity index (χ1) is 6.82. The third-order valence-corrected chi connectivity index (χ3v) is 3.49. The van der Waals surface area contributed by atoms with Crippen LogP contribution in [-0.4, -0.2) is 23.8 Å². The molecule has 1 rings (SSSR count). The molecule has 6 heteroatoms. The number of aliphatic hydroxyl groups excluding tert-OH is 1. The molecule has 3 N–H and O–H groups in total.